The van der Waals surface area contributed by atoms with Crippen molar-refractivity contribution >= 4 is 28.5 Å². The van der Waals surface area contributed by atoms with Crippen LogP contribution < -0.4 is 0 Å². The second kappa shape index (κ2) is 6.61. The van der Waals surface area contributed by atoms with Crippen molar-refractivity contribution in [3.05, 3.63) is 35.4 Å². The van der Waals surface area contributed by atoms with Gasteiger partial charge in [0.1, 0.15) is 10.8 Å². The molecule has 1 amide bonds. The first-order valence-electron chi connectivity index (χ1n) is 8.33. The third-order valence-corrected chi connectivity index (χ3v) is 4.43. The van der Waals surface area contributed by atoms with Gasteiger partial charge in [-0.15, -0.1) is 0 Å². The minimum absolute atomic E-state index is 0.0816. The summed E-state index contributed by atoms with van der Waals surface area (Å²) in [6.07, 6.45) is 2.38. The number of hydrogen-bond acceptors (Lipinski definition) is 4. The molecule has 0 N–H and O–H groups in total. The Balaban J connectivity index is 1.88. The van der Waals surface area contributed by atoms with E-state index in [1.165, 1.54) is 12.4 Å². The zero-order valence-electron chi connectivity index (χ0n) is 14.8. The van der Waals surface area contributed by atoms with Gasteiger partial charge in [0.2, 0.25) is 0 Å². The number of amides is 1. The highest BCUT2D eigenvalue weighted by Crippen LogP contribution is 2.42. The van der Waals surface area contributed by atoms with Gasteiger partial charge in [-0.05, 0) is 39.3 Å². The van der Waals surface area contributed by atoms with Crippen molar-refractivity contribution in [2.45, 2.75) is 44.6 Å². The number of likely N-dealkylation sites (tertiary alicyclic amines) is 1. The van der Waals surface area contributed by atoms with Crippen LogP contribution in [0.5, 0.6) is 0 Å². The zero-order chi connectivity index (χ0) is 19.1. The lowest BCUT2D eigenvalue weighted by atomic mass is 9.87. The van der Waals surface area contributed by atoms with E-state index in [4.69, 9.17) is 16.3 Å². The molecule has 0 bridgehead atoms. The number of fused-ring (bicyclic) bond motifs is 1. The molecule has 1 aliphatic rings. The SMILES string of the molecule is CC(C)(C)OC(=O)N1CCC(c2nccc3cnc(Cl)cc23)C(F)(F)C1. The lowest BCUT2D eigenvalue weighted by molar-refractivity contribution is -0.0854. The zero-order valence-corrected chi connectivity index (χ0v) is 15.6. The molecule has 5 nitrogen and oxygen atoms in total. The first-order valence-corrected chi connectivity index (χ1v) is 8.70. The largest absolute Gasteiger partial charge is 0.444 e. The summed E-state index contributed by atoms with van der Waals surface area (Å²) >= 11 is 5.93. The van der Waals surface area contributed by atoms with Crippen LogP contribution in [0.15, 0.2) is 24.5 Å². The van der Waals surface area contributed by atoms with Gasteiger partial charge in [0.05, 0.1) is 18.2 Å². The Kier molecular flexibility index (Phi) is 4.77. The smallest absolute Gasteiger partial charge is 0.410 e. The number of carbonyl (C=O) groups excluding carboxylic acids is 1. The topological polar surface area (TPSA) is 55.3 Å². The van der Waals surface area contributed by atoms with Crippen LogP contribution in [0, 0.1) is 0 Å². The highest BCUT2D eigenvalue weighted by molar-refractivity contribution is 6.30. The van der Waals surface area contributed by atoms with E-state index in [0.717, 1.165) is 4.90 Å². The molecule has 2 aromatic rings. The summed E-state index contributed by atoms with van der Waals surface area (Å²) in [5, 5.41) is 1.48. The van der Waals surface area contributed by atoms with Crippen LogP contribution >= 0.6 is 11.6 Å². The van der Waals surface area contributed by atoms with Gasteiger partial charge in [0, 0.05) is 29.7 Å². The molecule has 140 valence electrons. The molecule has 1 atom stereocenters. The Hall–Kier alpha value is -2.02. The minimum Gasteiger partial charge on any atom is -0.444 e. The van der Waals surface area contributed by atoms with Crippen molar-refractivity contribution in [1.29, 1.82) is 0 Å². The molecule has 0 radical (unpaired) electrons. The number of nitrogens with zero attached hydrogens (tertiary/aromatic N) is 3. The van der Waals surface area contributed by atoms with Gasteiger partial charge in [-0.25, -0.2) is 18.6 Å². The predicted molar refractivity (Wildman–Crippen MR) is 94.7 cm³/mol. The third kappa shape index (κ3) is 3.87. The quantitative estimate of drug-likeness (QED) is 0.673. The molecule has 2 aromatic heterocycles. The number of pyridine rings is 2. The van der Waals surface area contributed by atoms with Gasteiger partial charge >= 0.3 is 6.09 Å². The van der Waals surface area contributed by atoms with Gasteiger partial charge in [-0.2, -0.15) is 0 Å². The van der Waals surface area contributed by atoms with E-state index < -0.39 is 30.1 Å². The van der Waals surface area contributed by atoms with Crippen LogP contribution in [0.3, 0.4) is 0 Å². The Bertz CT molecular complexity index is 839. The molecular weight excluding hydrogens is 364 g/mol. The molecular formula is C18H20ClF2N3O2. The second-order valence-electron chi connectivity index (χ2n) is 7.43. The van der Waals surface area contributed by atoms with E-state index >= 15 is 0 Å². The Morgan fingerprint density at radius 3 is 2.77 bits per heavy atom. The van der Waals surface area contributed by atoms with Crippen molar-refractivity contribution in [1.82, 2.24) is 14.9 Å². The molecule has 0 aromatic carbocycles. The van der Waals surface area contributed by atoms with E-state index in [9.17, 15) is 13.6 Å². The summed E-state index contributed by atoms with van der Waals surface area (Å²) < 4.78 is 35.0. The summed E-state index contributed by atoms with van der Waals surface area (Å²) in [5.41, 5.74) is -0.454. The lowest BCUT2D eigenvalue weighted by Crippen LogP contribution is -2.51. The van der Waals surface area contributed by atoms with Crippen LogP contribution in [-0.2, 0) is 4.74 Å². The number of rotatable bonds is 1. The molecule has 1 fully saturated rings. The maximum atomic E-state index is 14.9. The normalized spacial score (nSPS) is 20.2. The summed E-state index contributed by atoms with van der Waals surface area (Å²) in [6, 6.07) is 3.26. The van der Waals surface area contributed by atoms with E-state index in [2.05, 4.69) is 9.97 Å². The van der Waals surface area contributed by atoms with Gasteiger partial charge in [-0.1, -0.05) is 11.6 Å². The van der Waals surface area contributed by atoms with E-state index in [1.54, 1.807) is 32.9 Å². The minimum atomic E-state index is -3.13. The first-order chi connectivity index (χ1) is 12.1. The molecule has 3 rings (SSSR count). The number of carbonyl (C=O) groups is 1. The summed E-state index contributed by atoms with van der Waals surface area (Å²) in [7, 11) is 0. The van der Waals surface area contributed by atoms with Crippen molar-refractivity contribution in [2.24, 2.45) is 0 Å². The van der Waals surface area contributed by atoms with E-state index in [-0.39, 0.29) is 23.8 Å². The molecule has 8 heteroatoms. The molecule has 0 aliphatic carbocycles. The van der Waals surface area contributed by atoms with Crippen LogP contribution in [0.1, 0.15) is 38.8 Å². The van der Waals surface area contributed by atoms with E-state index in [0.29, 0.717) is 10.8 Å². The number of hydrogen-bond donors (Lipinski definition) is 0. The molecule has 1 aliphatic heterocycles. The fourth-order valence-corrected chi connectivity index (χ4v) is 3.26. The van der Waals surface area contributed by atoms with Crippen LogP contribution in [0.25, 0.3) is 10.8 Å². The van der Waals surface area contributed by atoms with Crippen molar-refractivity contribution in [2.75, 3.05) is 13.1 Å². The van der Waals surface area contributed by atoms with Gasteiger partial charge in [0.15, 0.2) is 0 Å². The Labute approximate surface area is 155 Å². The highest BCUT2D eigenvalue weighted by atomic mass is 35.5. The molecule has 1 unspecified atom stereocenters. The average molecular weight is 384 g/mol. The number of halogens is 3. The fraction of sp³-hybridized carbons (Fsp3) is 0.500. The van der Waals surface area contributed by atoms with Crippen LogP contribution in [0.4, 0.5) is 13.6 Å². The number of ether oxygens (including phenoxy) is 1. The number of aromatic nitrogens is 2. The molecule has 3 heterocycles. The van der Waals surface area contributed by atoms with Gasteiger partial charge in [-0.3, -0.25) is 4.98 Å². The number of alkyl halides is 2. The Morgan fingerprint density at radius 1 is 1.38 bits per heavy atom. The molecule has 1 saturated heterocycles. The average Bonchev–Trinajstić information content (AvgIpc) is 2.52. The predicted octanol–water partition coefficient (Wildman–Crippen LogP) is 4.64. The van der Waals surface area contributed by atoms with Gasteiger partial charge < -0.3 is 9.64 Å². The molecule has 0 saturated carbocycles. The second-order valence-corrected chi connectivity index (χ2v) is 7.82. The highest BCUT2D eigenvalue weighted by Gasteiger charge is 2.48. The van der Waals surface area contributed by atoms with Crippen molar-refractivity contribution in [3.63, 3.8) is 0 Å². The van der Waals surface area contributed by atoms with Gasteiger partial charge in [0.25, 0.3) is 5.92 Å². The summed E-state index contributed by atoms with van der Waals surface area (Å²) in [5.74, 6) is -4.24. The monoisotopic (exact) mass is 383 g/mol. The third-order valence-electron chi connectivity index (χ3n) is 4.23. The maximum absolute atomic E-state index is 14.9. The first kappa shape index (κ1) is 18.8. The van der Waals surface area contributed by atoms with Crippen molar-refractivity contribution < 1.29 is 18.3 Å². The van der Waals surface area contributed by atoms with Crippen LogP contribution in [0.2, 0.25) is 5.15 Å². The standard InChI is InChI=1S/C18H20ClF2N3O2/c1-17(2,3)26-16(25)24-7-5-13(18(20,21)10-24)15-12-8-14(19)23-9-11(12)4-6-22-15/h4,6,8-9,13H,5,7,10H2,1-3H3. The molecule has 26 heavy (non-hydrogen) atoms. The fourth-order valence-electron chi connectivity index (χ4n) is 3.10. The molecule has 0 spiro atoms. The van der Waals surface area contributed by atoms with Crippen LogP contribution in [-0.4, -0.2) is 45.6 Å². The number of piperidine rings is 1. The maximum Gasteiger partial charge on any atom is 0.410 e. The lowest BCUT2D eigenvalue weighted by Gasteiger charge is -2.38. The summed E-state index contributed by atoms with van der Waals surface area (Å²) in [6.45, 7) is 4.57. The van der Waals surface area contributed by atoms with Crippen molar-refractivity contribution in [3.8, 4) is 0 Å². The Morgan fingerprint density at radius 2 is 2.12 bits per heavy atom. The summed E-state index contributed by atoms with van der Waals surface area (Å²) in [4.78, 5) is 21.4. The van der Waals surface area contributed by atoms with E-state index in [1.807, 2.05) is 0 Å².